The maximum absolute atomic E-state index is 3.59. The first-order chi connectivity index (χ1) is 6.74. The van der Waals surface area contributed by atoms with Gasteiger partial charge in [0.1, 0.15) is 0 Å². The molecule has 1 aliphatic carbocycles. The van der Waals surface area contributed by atoms with Gasteiger partial charge in [-0.05, 0) is 44.6 Å². The molecule has 1 aliphatic rings. The van der Waals surface area contributed by atoms with Crippen LogP contribution >= 0.6 is 0 Å². The summed E-state index contributed by atoms with van der Waals surface area (Å²) in [4.78, 5) is 0. The number of hydrogen-bond donors (Lipinski definition) is 1. The summed E-state index contributed by atoms with van der Waals surface area (Å²) >= 11 is 0. The van der Waals surface area contributed by atoms with E-state index in [0.717, 1.165) is 24.3 Å². The maximum atomic E-state index is 3.59. The zero-order chi connectivity index (χ0) is 10.4. The molecule has 0 saturated heterocycles. The van der Waals surface area contributed by atoms with Gasteiger partial charge in [-0.3, -0.25) is 0 Å². The molecule has 0 heterocycles. The van der Waals surface area contributed by atoms with Crippen LogP contribution in [0.25, 0.3) is 0 Å². The molecular weight excluding hydrogens is 170 g/mol. The van der Waals surface area contributed by atoms with Gasteiger partial charge in [0.2, 0.25) is 0 Å². The number of hydrogen-bond acceptors (Lipinski definition) is 1. The lowest BCUT2D eigenvalue weighted by Gasteiger charge is -2.19. The fourth-order valence-electron chi connectivity index (χ4n) is 1.55. The monoisotopic (exact) mass is 193 g/mol. The Hall–Kier alpha value is -0.480. The van der Waals surface area contributed by atoms with Crippen molar-refractivity contribution in [2.75, 3.05) is 6.54 Å². The first kappa shape index (κ1) is 11.6. The highest BCUT2D eigenvalue weighted by atomic mass is 14.9. The highest BCUT2D eigenvalue weighted by Crippen LogP contribution is 2.21. The third-order valence-electron chi connectivity index (χ3n) is 3.18. The van der Waals surface area contributed by atoms with E-state index in [4.69, 9.17) is 0 Å². The largest absolute Gasteiger partial charge is 0.314 e. The SMILES string of the molecule is CC#CCCC(C)C(C)CNC1CC1. The first-order valence-corrected chi connectivity index (χ1v) is 5.87. The Morgan fingerprint density at radius 1 is 1.29 bits per heavy atom. The summed E-state index contributed by atoms with van der Waals surface area (Å²) in [6.45, 7) is 7.80. The summed E-state index contributed by atoms with van der Waals surface area (Å²) < 4.78 is 0. The zero-order valence-electron chi connectivity index (χ0n) is 9.77. The molecule has 0 aliphatic heterocycles. The highest BCUT2D eigenvalue weighted by Gasteiger charge is 2.21. The maximum Gasteiger partial charge on any atom is 0.00912 e. The van der Waals surface area contributed by atoms with Gasteiger partial charge in [0, 0.05) is 12.5 Å². The average Bonchev–Trinajstić information content (AvgIpc) is 2.98. The topological polar surface area (TPSA) is 12.0 Å². The van der Waals surface area contributed by atoms with Gasteiger partial charge in [0.15, 0.2) is 0 Å². The van der Waals surface area contributed by atoms with Crippen molar-refractivity contribution in [3.63, 3.8) is 0 Å². The van der Waals surface area contributed by atoms with E-state index < -0.39 is 0 Å². The molecule has 0 radical (unpaired) electrons. The molecule has 0 aromatic heterocycles. The van der Waals surface area contributed by atoms with Crippen molar-refractivity contribution < 1.29 is 0 Å². The molecule has 2 unspecified atom stereocenters. The van der Waals surface area contributed by atoms with Crippen molar-refractivity contribution in [2.24, 2.45) is 11.8 Å². The van der Waals surface area contributed by atoms with E-state index in [-0.39, 0.29) is 0 Å². The van der Waals surface area contributed by atoms with E-state index in [2.05, 4.69) is 31.0 Å². The van der Waals surface area contributed by atoms with Gasteiger partial charge in [-0.15, -0.1) is 11.8 Å². The molecule has 1 nitrogen and oxygen atoms in total. The Balaban J connectivity index is 2.06. The van der Waals surface area contributed by atoms with Crippen LogP contribution < -0.4 is 5.32 Å². The first-order valence-electron chi connectivity index (χ1n) is 5.87. The molecule has 1 heteroatoms. The van der Waals surface area contributed by atoms with Crippen LogP contribution in [0.1, 0.15) is 46.5 Å². The van der Waals surface area contributed by atoms with Gasteiger partial charge in [-0.2, -0.15) is 0 Å². The minimum Gasteiger partial charge on any atom is -0.314 e. The van der Waals surface area contributed by atoms with Crippen molar-refractivity contribution in [3.8, 4) is 11.8 Å². The fraction of sp³-hybridized carbons (Fsp3) is 0.846. The van der Waals surface area contributed by atoms with Crippen LogP contribution in [0.5, 0.6) is 0 Å². The molecule has 0 aromatic rings. The summed E-state index contributed by atoms with van der Waals surface area (Å²) in [5.74, 6) is 7.68. The third-order valence-corrected chi connectivity index (χ3v) is 3.18. The van der Waals surface area contributed by atoms with Gasteiger partial charge in [-0.25, -0.2) is 0 Å². The van der Waals surface area contributed by atoms with Crippen molar-refractivity contribution in [3.05, 3.63) is 0 Å². The Bertz CT molecular complexity index is 207. The predicted molar refractivity (Wildman–Crippen MR) is 62.0 cm³/mol. The number of nitrogens with one attached hydrogen (secondary N) is 1. The molecule has 2 atom stereocenters. The van der Waals surface area contributed by atoms with Crippen molar-refractivity contribution in [1.82, 2.24) is 5.32 Å². The third kappa shape index (κ3) is 4.67. The standard InChI is InChI=1S/C13H23N/c1-4-5-6-7-11(2)12(3)10-14-13-8-9-13/h11-14H,6-10H2,1-3H3. The van der Waals surface area contributed by atoms with E-state index in [9.17, 15) is 0 Å². The van der Waals surface area contributed by atoms with Gasteiger partial charge in [-0.1, -0.05) is 13.8 Å². The van der Waals surface area contributed by atoms with Gasteiger partial charge in [0.25, 0.3) is 0 Å². The molecule has 14 heavy (non-hydrogen) atoms. The molecule has 1 rings (SSSR count). The van der Waals surface area contributed by atoms with Crippen molar-refractivity contribution in [1.29, 1.82) is 0 Å². The molecule has 1 N–H and O–H groups in total. The summed E-state index contributed by atoms with van der Waals surface area (Å²) in [6.07, 6.45) is 5.09. The normalized spacial score (nSPS) is 19.6. The van der Waals surface area contributed by atoms with E-state index in [1.165, 1.54) is 25.8 Å². The average molecular weight is 193 g/mol. The van der Waals surface area contributed by atoms with Crippen LogP contribution in [-0.2, 0) is 0 Å². The van der Waals surface area contributed by atoms with Crippen molar-refractivity contribution in [2.45, 2.75) is 52.5 Å². The number of rotatable bonds is 6. The van der Waals surface area contributed by atoms with Gasteiger partial charge in [0.05, 0.1) is 0 Å². The Kier molecular flexibility index (Phi) is 5.04. The van der Waals surface area contributed by atoms with Crippen LogP contribution in [0.3, 0.4) is 0 Å². The molecule has 0 bridgehead atoms. The van der Waals surface area contributed by atoms with E-state index in [1.807, 2.05) is 6.92 Å². The molecule has 80 valence electrons. The van der Waals surface area contributed by atoms with Crippen LogP contribution in [0.4, 0.5) is 0 Å². The van der Waals surface area contributed by atoms with E-state index in [1.54, 1.807) is 0 Å². The lowest BCUT2D eigenvalue weighted by atomic mass is 9.91. The van der Waals surface area contributed by atoms with E-state index in [0.29, 0.717) is 0 Å². The predicted octanol–water partition coefficient (Wildman–Crippen LogP) is 2.81. The molecular formula is C13H23N. The van der Waals surface area contributed by atoms with Crippen LogP contribution in [0.15, 0.2) is 0 Å². The smallest absolute Gasteiger partial charge is 0.00912 e. The summed E-state index contributed by atoms with van der Waals surface area (Å²) in [5, 5.41) is 3.59. The molecule has 0 aromatic carbocycles. The Morgan fingerprint density at radius 3 is 2.57 bits per heavy atom. The lowest BCUT2D eigenvalue weighted by molar-refractivity contribution is 0.350. The minimum atomic E-state index is 0.786. The van der Waals surface area contributed by atoms with E-state index >= 15 is 0 Å². The molecule has 0 spiro atoms. The summed E-state index contributed by atoms with van der Waals surface area (Å²) in [7, 11) is 0. The summed E-state index contributed by atoms with van der Waals surface area (Å²) in [5.41, 5.74) is 0. The second kappa shape index (κ2) is 6.09. The highest BCUT2D eigenvalue weighted by molar-refractivity contribution is 4.95. The van der Waals surface area contributed by atoms with Crippen LogP contribution in [-0.4, -0.2) is 12.6 Å². The zero-order valence-corrected chi connectivity index (χ0v) is 9.77. The van der Waals surface area contributed by atoms with Crippen LogP contribution in [0.2, 0.25) is 0 Å². The molecule has 0 amide bonds. The fourth-order valence-corrected chi connectivity index (χ4v) is 1.55. The Morgan fingerprint density at radius 2 is 2.00 bits per heavy atom. The quantitative estimate of drug-likeness (QED) is 0.640. The summed E-state index contributed by atoms with van der Waals surface area (Å²) in [6, 6.07) is 0.847. The second-order valence-corrected chi connectivity index (χ2v) is 4.60. The van der Waals surface area contributed by atoms with Gasteiger partial charge >= 0.3 is 0 Å². The van der Waals surface area contributed by atoms with Crippen LogP contribution in [0, 0.1) is 23.7 Å². The van der Waals surface area contributed by atoms with Gasteiger partial charge < -0.3 is 5.32 Å². The lowest BCUT2D eigenvalue weighted by Crippen LogP contribution is -2.26. The molecule has 1 saturated carbocycles. The Labute approximate surface area is 88.7 Å². The minimum absolute atomic E-state index is 0.786. The second-order valence-electron chi connectivity index (χ2n) is 4.60. The molecule has 1 fully saturated rings. The van der Waals surface area contributed by atoms with Crippen molar-refractivity contribution >= 4 is 0 Å².